The van der Waals surface area contributed by atoms with Crippen molar-refractivity contribution in [1.29, 1.82) is 0 Å². The van der Waals surface area contributed by atoms with Crippen LogP contribution in [0.1, 0.15) is 25.2 Å². The monoisotopic (exact) mass is 305 g/mol. The molecule has 0 amide bonds. The molecule has 112 valence electrons. The Kier molecular flexibility index (Phi) is 4.12. The van der Waals surface area contributed by atoms with Gasteiger partial charge in [0.1, 0.15) is 6.33 Å². The van der Waals surface area contributed by atoms with E-state index in [0.29, 0.717) is 6.04 Å². The molecule has 5 nitrogen and oxygen atoms in total. The Hall–Kier alpha value is -1.59. The Labute approximate surface area is 129 Å². The Bertz CT molecular complexity index is 622. The average molecular weight is 306 g/mol. The van der Waals surface area contributed by atoms with Gasteiger partial charge in [-0.2, -0.15) is 0 Å². The maximum Gasteiger partial charge on any atom is 0.152 e. The van der Waals surface area contributed by atoms with Gasteiger partial charge in [-0.3, -0.25) is 0 Å². The van der Waals surface area contributed by atoms with Crippen LogP contribution in [0.25, 0.3) is 0 Å². The lowest BCUT2D eigenvalue weighted by atomic mass is 10.1. The molecule has 0 unspecified atom stereocenters. The zero-order valence-electron chi connectivity index (χ0n) is 12.4. The minimum Gasteiger partial charge on any atom is -0.362 e. The van der Waals surface area contributed by atoms with Crippen LogP contribution < -0.4 is 10.2 Å². The van der Waals surface area contributed by atoms with Crippen molar-refractivity contribution >= 4 is 17.3 Å². The van der Waals surface area contributed by atoms with E-state index in [-0.39, 0.29) is 0 Å². The van der Waals surface area contributed by atoms with Gasteiger partial charge in [0.2, 0.25) is 0 Å². The van der Waals surface area contributed by atoms with Crippen LogP contribution in [0.3, 0.4) is 0 Å². The molecule has 0 fully saturated rings. The van der Waals surface area contributed by atoms with Crippen molar-refractivity contribution in [3.8, 4) is 0 Å². The standard InChI is InChI=1S/C15H20ClN5/c1-11(2)17-8-12-3-4-13(16)7-14(12)20-5-6-21-10-18-19-15(21)9-20/h3-4,7,10-11,17H,5-6,8-9H2,1-2H3. The Morgan fingerprint density at radius 3 is 3.00 bits per heavy atom. The zero-order valence-corrected chi connectivity index (χ0v) is 13.1. The van der Waals surface area contributed by atoms with Crippen LogP contribution in [0, 0.1) is 0 Å². The van der Waals surface area contributed by atoms with Gasteiger partial charge in [0.25, 0.3) is 0 Å². The molecule has 3 rings (SSSR count). The molecule has 6 heteroatoms. The van der Waals surface area contributed by atoms with Gasteiger partial charge in [-0.25, -0.2) is 0 Å². The third-order valence-corrected chi connectivity index (χ3v) is 3.96. The van der Waals surface area contributed by atoms with E-state index < -0.39 is 0 Å². The fourth-order valence-corrected chi connectivity index (χ4v) is 2.73. The van der Waals surface area contributed by atoms with Crippen molar-refractivity contribution in [3.05, 3.63) is 40.9 Å². The first-order valence-corrected chi connectivity index (χ1v) is 7.64. The summed E-state index contributed by atoms with van der Waals surface area (Å²) < 4.78 is 2.10. The van der Waals surface area contributed by atoms with Crippen LogP contribution in [0.5, 0.6) is 0 Å². The molecule has 0 saturated carbocycles. The van der Waals surface area contributed by atoms with Gasteiger partial charge in [0.15, 0.2) is 5.82 Å². The smallest absolute Gasteiger partial charge is 0.152 e. The lowest BCUT2D eigenvalue weighted by Crippen LogP contribution is -2.34. The largest absolute Gasteiger partial charge is 0.362 e. The number of halogens is 1. The molecular weight excluding hydrogens is 286 g/mol. The quantitative estimate of drug-likeness (QED) is 0.942. The van der Waals surface area contributed by atoms with Crippen molar-refractivity contribution in [2.24, 2.45) is 0 Å². The third-order valence-electron chi connectivity index (χ3n) is 3.73. The molecule has 1 aromatic carbocycles. The maximum absolute atomic E-state index is 6.20. The minimum absolute atomic E-state index is 0.456. The molecule has 0 atom stereocenters. The summed E-state index contributed by atoms with van der Waals surface area (Å²) in [5, 5.41) is 12.4. The van der Waals surface area contributed by atoms with E-state index in [0.717, 1.165) is 37.0 Å². The molecule has 21 heavy (non-hydrogen) atoms. The molecule has 1 N–H and O–H groups in total. The molecule has 2 heterocycles. The Balaban J connectivity index is 1.85. The molecule has 0 spiro atoms. The summed E-state index contributed by atoms with van der Waals surface area (Å²) in [6.07, 6.45) is 1.80. The first kappa shape index (κ1) is 14.4. The predicted molar refractivity (Wildman–Crippen MR) is 84.5 cm³/mol. The molecule has 0 aliphatic carbocycles. The first-order chi connectivity index (χ1) is 10.1. The second-order valence-electron chi connectivity index (χ2n) is 5.67. The van der Waals surface area contributed by atoms with Gasteiger partial charge in [0, 0.05) is 36.4 Å². The molecule has 0 saturated heterocycles. The molecule has 0 bridgehead atoms. The molecule has 1 aromatic heterocycles. The van der Waals surface area contributed by atoms with Gasteiger partial charge in [-0.05, 0) is 17.7 Å². The van der Waals surface area contributed by atoms with Gasteiger partial charge >= 0.3 is 0 Å². The summed E-state index contributed by atoms with van der Waals surface area (Å²) in [7, 11) is 0. The van der Waals surface area contributed by atoms with Gasteiger partial charge in [-0.1, -0.05) is 31.5 Å². The fraction of sp³-hybridized carbons (Fsp3) is 0.467. The van der Waals surface area contributed by atoms with Crippen LogP contribution >= 0.6 is 11.6 Å². The number of nitrogens with one attached hydrogen (secondary N) is 1. The minimum atomic E-state index is 0.456. The van der Waals surface area contributed by atoms with Gasteiger partial charge in [0.05, 0.1) is 6.54 Å². The number of benzene rings is 1. The van der Waals surface area contributed by atoms with Crippen molar-refractivity contribution < 1.29 is 0 Å². The van der Waals surface area contributed by atoms with E-state index in [9.17, 15) is 0 Å². The number of rotatable bonds is 4. The van der Waals surface area contributed by atoms with Crippen LogP contribution in [0.4, 0.5) is 5.69 Å². The predicted octanol–water partition coefficient (Wildman–Crippen LogP) is 2.45. The van der Waals surface area contributed by atoms with E-state index >= 15 is 0 Å². The Morgan fingerprint density at radius 1 is 1.33 bits per heavy atom. The average Bonchev–Trinajstić information content (AvgIpc) is 2.93. The summed E-state index contributed by atoms with van der Waals surface area (Å²) >= 11 is 6.20. The van der Waals surface area contributed by atoms with E-state index in [1.807, 2.05) is 12.1 Å². The van der Waals surface area contributed by atoms with Gasteiger partial charge in [-0.15, -0.1) is 10.2 Å². The highest BCUT2D eigenvalue weighted by Gasteiger charge is 2.20. The molecule has 2 aromatic rings. The number of nitrogens with zero attached hydrogens (tertiary/aromatic N) is 4. The van der Waals surface area contributed by atoms with Crippen LogP contribution in [0.2, 0.25) is 5.02 Å². The molecule has 0 radical (unpaired) electrons. The molecule has 1 aliphatic rings. The second kappa shape index (κ2) is 6.03. The second-order valence-corrected chi connectivity index (χ2v) is 6.11. The third kappa shape index (κ3) is 3.19. The summed E-state index contributed by atoms with van der Waals surface area (Å²) in [4.78, 5) is 2.33. The molecular formula is C15H20ClN5. The van der Waals surface area contributed by atoms with Crippen LogP contribution in [-0.4, -0.2) is 27.4 Å². The lowest BCUT2D eigenvalue weighted by Gasteiger charge is -2.31. The maximum atomic E-state index is 6.20. The Morgan fingerprint density at radius 2 is 2.19 bits per heavy atom. The van der Waals surface area contributed by atoms with Crippen molar-refractivity contribution in [2.75, 3.05) is 11.4 Å². The van der Waals surface area contributed by atoms with Crippen molar-refractivity contribution in [3.63, 3.8) is 0 Å². The summed E-state index contributed by atoms with van der Waals surface area (Å²) in [5.74, 6) is 1.00. The SMILES string of the molecule is CC(C)NCc1ccc(Cl)cc1N1CCn2cnnc2C1. The van der Waals surface area contributed by atoms with E-state index in [2.05, 4.69) is 44.9 Å². The summed E-state index contributed by atoms with van der Waals surface area (Å²) in [5.41, 5.74) is 2.45. The van der Waals surface area contributed by atoms with Crippen LogP contribution in [-0.2, 0) is 19.6 Å². The highest BCUT2D eigenvalue weighted by atomic mass is 35.5. The topological polar surface area (TPSA) is 46.0 Å². The summed E-state index contributed by atoms with van der Waals surface area (Å²) in [6, 6.07) is 6.56. The van der Waals surface area contributed by atoms with Crippen LogP contribution in [0.15, 0.2) is 24.5 Å². The summed E-state index contributed by atoms with van der Waals surface area (Å²) in [6.45, 7) is 7.77. The van der Waals surface area contributed by atoms with Crippen molar-refractivity contribution in [2.45, 2.75) is 39.5 Å². The zero-order chi connectivity index (χ0) is 14.8. The van der Waals surface area contributed by atoms with Gasteiger partial charge < -0.3 is 14.8 Å². The number of aromatic nitrogens is 3. The highest BCUT2D eigenvalue weighted by Crippen LogP contribution is 2.27. The lowest BCUT2D eigenvalue weighted by molar-refractivity contribution is 0.553. The normalized spacial score (nSPS) is 14.6. The number of hydrogen-bond donors (Lipinski definition) is 1. The first-order valence-electron chi connectivity index (χ1n) is 7.27. The number of hydrogen-bond acceptors (Lipinski definition) is 4. The van der Waals surface area contributed by atoms with E-state index in [4.69, 9.17) is 11.6 Å². The molecule has 1 aliphatic heterocycles. The highest BCUT2D eigenvalue weighted by molar-refractivity contribution is 6.30. The van der Waals surface area contributed by atoms with E-state index in [1.165, 1.54) is 11.3 Å². The van der Waals surface area contributed by atoms with E-state index in [1.54, 1.807) is 6.33 Å². The number of fused-ring (bicyclic) bond motifs is 1. The fourth-order valence-electron chi connectivity index (χ4n) is 2.57. The van der Waals surface area contributed by atoms with Crippen molar-refractivity contribution in [1.82, 2.24) is 20.1 Å². The number of anilines is 1.